The molecule has 296 valence electrons. The highest BCUT2D eigenvalue weighted by atomic mass is 32.2. The van der Waals surface area contributed by atoms with Crippen LogP contribution in [-0.2, 0) is 33.6 Å². The molecular formula is C38H53N5O10S. The molecule has 0 unspecified atom stereocenters. The summed E-state index contributed by atoms with van der Waals surface area (Å²) in [6, 6.07) is 5.03. The van der Waals surface area contributed by atoms with Gasteiger partial charge in [-0.05, 0) is 92.4 Å². The number of pyridine rings is 1. The lowest BCUT2D eigenvalue weighted by molar-refractivity contribution is -0.143. The molecule has 4 aliphatic rings. The zero-order valence-corrected chi connectivity index (χ0v) is 32.9. The van der Waals surface area contributed by atoms with E-state index in [4.69, 9.17) is 18.4 Å². The summed E-state index contributed by atoms with van der Waals surface area (Å²) in [5.74, 6) is -1.05. The maximum atomic E-state index is 14.6. The van der Waals surface area contributed by atoms with Crippen molar-refractivity contribution in [3.8, 4) is 11.6 Å². The molecule has 3 aliphatic carbocycles. The van der Waals surface area contributed by atoms with Gasteiger partial charge in [0.1, 0.15) is 35.6 Å². The summed E-state index contributed by atoms with van der Waals surface area (Å²) >= 11 is 0. The molecule has 2 aromatic rings. The molecule has 7 atom stereocenters. The van der Waals surface area contributed by atoms with E-state index in [0.717, 1.165) is 24.6 Å². The number of nitrogens with one attached hydrogen (secondary N) is 3. The largest absolute Gasteiger partial charge is 0.497 e. The fourth-order valence-corrected chi connectivity index (χ4v) is 8.77. The third-order valence-electron chi connectivity index (χ3n) is 11.2. The van der Waals surface area contributed by atoms with E-state index in [1.165, 1.54) is 4.90 Å². The minimum absolute atomic E-state index is 0.0291. The van der Waals surface area contributed by atoms with Gasteiger partial charge in [-0.3, -0.25) is 14.4 Å². The molecule has 15 nitrogen and oxygen atoms in total. The zero-order valence-electron chi connectivity index (χ0n) is 32.1. The molecule has 6 rings (SSSR count). The summed E-state index contributed by atoms with van der Waals surface area (Å²) in [5, 5.41) is 7.13. The van der Waals surface area contributed by atoms with Crippen molar-refractivity contribution in [1.29, 1.82) is 0 Å². The van der Waals surface area contributed by atoms with Gasteiger partial charge in [0.2, 0.25) is 17.7 Å². The quantitative estimate of drug-likeness (QED) is 0.265. The van der Waals surface area contributed by atoms with E-state index < -0.39 is 68.9 Å². The SMILES string of the molecule is CC[C@@H]1C[C@]1(NC(=O)[C@@H]1C[C@@H](Oc2nccc3cc(OC)ccc23)CN1C(=O)[C@@H](NC(=O)O[C@H]1CC[C@@H](C)C1)C(C)(C)C)C(=O)NS(=O)(=O)OC1(C)CC1. The van der Waals surface area contributed by atoms with Gasteiger partial charge < -0.3 is 29.7 Å². The number of fused-ring (bicyclic) bond motifs is 1. The fraction of sp³-hybridized carbons (Fsp3) is 0.658. The fourth-order valence-electron chi connectivity index (χ4n) is 7.62. The highest BCUT2D eigenvalue weighted by Gasteiger charge is 2.62. The van der Waals surface area contributed by atoms with Gasteiger partial charge >= 0.3 is 16.4 Å². The van der Waals surface area contributed by atoms with Crippen LogP contribution in [-0.4, -0.2) is 91.2 Å². The number of rotatable bonds is 13. The van der Waals surface area contributed by atoms with Gasteiger partial charge in [0, 0.05) is 18.0 Å². The Morgan fingerprint density at radius 3 is 2.43 bits per heavy atom. The molecule has 0 bridgehead atoms. The monoisotopic (exact) mass is 771 g/mol. The van der Waals surface area contributed by atoms with Crippen molar-refractivity contribution >= 4 is 44.9 Å². The van der Waals surface area contributed by atoms with E-state index in [-0.39, 0.29) is 31.4 Å². The smallest absolute Gasteiger partial charge is 0.408 e. The zero-order chi connectivity index (χ0) is 39.2. The molecule has 1 saturated heterocycles. The van der Waals surface area contributed by atoms with E-state index >= 15 is 0 Å². The minimum atomic E-state index is -4.45. The number of hydrogen-bond acceptors (Lipinski definition) is 11. The Labute approximate surface area is 316 Å². The first-order valence-corrected chi connectivity index (χ1v) is 20.2. The van der Waals surface area contributed by atoms with Gasteiger partial charge in [-0.25, -0.2) is 18.7 Å². The van der Waals surface area contributed by atoms with Gasteiger partial charge in [0.05, 0.1) is 19.3 Å². The molecule has 0 radical (unpaired) electrons. The normalized spacial score (nSPS) is 27.8. The van der Waals surface area contributed by atoms with Crippen molar-refractivity contribution < 1.29 is 46.0 Å². The van der Waals surface area contributed by atoms with Gasteiger partial charge in [-0.1, -0.05) is 41.0 Å². The average Bonchev–Trinajstić information content (AvgIpc) is 3.89. The van der Waals surface area contributed by atoms with E-state index in [2.05, 4.69) is 22.5 Å². The van der Waals surface area contributed by atoms with Crippen LogP contribution >= 0.6 is 0 Å². The summed E-state index contributed by atoms with van der Waals surface area (Å²) in [4.78, 5) is 61.6. The number of ether oxygens (including phenoxy) is 3. The summed E-state index contributed by atoms with van der Waals surface area (Å²) in [7, 11) is -2.88. The molecule has 2 heterocycles. The number of likely N-dealkylation sites (tertiary alicyclic amines) is 1. The van der Waals surface area contributed by atoms with Crippen LogP contribution in [0.1, 0.15) is 92.9 Å². The lowest BCUT2D eigenvalue weighted by Gasteiger charge is -2.35. The number of carbonyl (C=O) groups is 4. The van der Waals surface area contributed by atoms with Crippen LogP contribution in [0, 0.1) is 17.3 Å². The summed E-state index contributed by atoms with van der Waals surface area (Å²) < 4.78 is 50.3. The number of amides is 4. The average molecular weight is 772 g/mol. The van der Waals surface area contributed by atoms with Gasteiger partial charge in [0.15, 0.2) is 0 Å². The van der Waals surface area contributed by atoms with Crippen molar-refractivity contribution in [2.24, 2.45) is 17.3 Å². The Bertz CT molecular complexity index is 1900. The highest BCUT2D eigenvalue weighted by molar-refractivity contribution is 7.85. The Kier molecular flexibility index (Phi) is 10.8. The number of benzene rings is 1. The van der Waals surface area contributed by atoms with Gasteiger partial charge in [-0.2, -0.15) is 8.42 Å². The maximum Gasteiger partial charge on any atom is 0.408 e. The van der Waals surface area contributed by atoms with Crippen LogP contribution < -0.4 is 24.8 Å². The topological polar surface area (TPSA) is 192 Å². The molecular weight excluding hydrogens is 719 g/mol. The standard InChI is InChI=1S/C38H53N5O10S/c1-8-24-20-38(24,34(46)42-54(48,49)53-37(6)14-15-37)41-31(44)29-19-27(51-32-28-12-11-25(50-7)18-23(28)13-16-39-32)21-43(29)33(45)30(36(3,4)5)40-35(47)52-26-10-9-22(2)17-26/h11-13,16,18,22,24,26-27,29-30H,8-10,14-15,17,19-21H2,1-7H3,(H,40,47)(H,41,44)(H,42,46)/t22-,24-,26+,27-,29+,30-,38-/m1/s1. The number of carbonyl (C=O) groups excluding carboxylic acids is 4. The third kappa shape index (κ3) is 8.69. The van der Waals surface area contributed by atoms with Crippen molar-refractivity contribution in [1.82, 2.24) is 25.2 Å². The molecule has 3 N–H and O–H groups in total. The second-order valence-corrected chi connectivity index (χ2v) is 18.0. The second kappa shape index (κ2) is 14.8. The van der Waals surface area contributed by atoms with Crippen molar-refractivity contribution in [3.05, 3.63) is 30.5 Å². The van der Waals surface area contributed by atoms with Crippen molar-refractivity contribution in [3.63, 3.8) is 0 Å². The van der Waals surface area contributed by atoms with Crippen molar-refractivity contribution in [2.75, 3.05) is 13.7 Å². The van der Waals surface area contributed by atoms with Gasteiger partial charge in [0.25, 0.3) is 5.91 Å². The van der Waals surface area contributed by atoms with E-state index in [1.54, 1.807) is 47.1 Å². The van der Waals surface area contributed by atoms with E-state index in [1.807, 2.05) is 29.8 Å². The van der Waals surface area contributed by atoms with Crippen LogP contribution in [0.3, 0.4) is 0 Å². The maximum absolute atomic E-state index is 14.6. The highest BCUT2D eigenvalue weighted by Crippen LogP contribution is 2.47. The Balaban J connectivity index is 1.26. The summed E-state index contributed by atoms with van der Waals surface area (Å²) in [6.45, 7) is 11.0. The minimum Gasteiger partial charge on any atom is -0.497 e. The van der Waals surface area contributed by atoms with Crippen LogP contribution in [0.2, 0.25) is 0 Å². The van der Waals surface area contributed by atoms with Crippen LogP contribution in [0.5, 0.6) is 11.6 Å². The molecule has 1 aliphatic heterocycles. The summed E-state index contributed by atoms with van der Waals surface area (Å²) in [6.07, 6.45) is 4.15. The van der Waals surface area contributed by atoms with Gasteiger partial charge in [-0.15, -0.1) is 0 Å². The second-order valence-electron chi connectivity index (χ2n) is 16.8. The number of alkyl carbamates (subject to hydrolysis) is 1. The molecule has 3 saturated carbocycles. The molecule has 0 spiro atoms. The number of hydrogen-bond donors (Lipinski definition) is 3. The number of methoxy groups -OCH3 is 1. The molecule has 1 aromatic carbocycles. The molecule has 54 heavy (non-hydrogen) atoms. The van der Waals surface area contributed by atoms with E-state index in [0.29, 0.717) is 42.2 Å². The molecule has 4 amide bonds. The van der Waals surface area contributed by atoms with E-state index in [9.17, 15) is 27.6 Å². The van der Waals surface area contributed by atoms with Crippen LogP contribution in [0.15, 0.2) is 30.5 Å². The number of nitrogens with zero attached hydrogens (tertiary/aromatic N) is 2. The Morgan fingerprint density at radius 1 is 1.07 bits per heavy atom. The molecule has 4 fully saturated rings. The Hall–Kier alpha value is -4.18. The summed E-state index contributed by atoms with van der Waals surface area (Å²) in [5.41, 5.74) is -3.19. The molecule has 16 heteroatoms. The molecule has 1 aromatic heterocycles. The first-order chi connectivity index (χ1) is 25.3. The van der Waals surface area contributed by atoms with Crippen LogP contribution in [0.25, 0.3) is 10.8 Å². The first-order valence-electron chi connectivity index (χ1n) is 18.8. The predicted octanol–water partition coefficient (Wildman–Crippen LogP) is 4.14. The third-order valence-corrected chi connectivity index (χ3v) is 12.2. The predicted molar refractivity (Wildman–Crippen MR) is 198 cm³/mol. The lowest BCUT2D eigenvalue weighted by atomic mass is 9.85. The van der Waals surface area contributed by atoms with Crippen LogP contribution in [0.4, 0.5) is 4.79 Å². The first kappa shape index (κ1) is 39.5. The Morgan fingerprint density at radius 2 is 1.81 bits per heavy atom. The number of aromatic nitrogens is 1. The lowest BCUT2D eigenvalue weighted by Crippen LogP contribution is -2.60. The van der Waals surface area contributed by atoms with Crippen molar-refractivity contribution in [2.45, 2.75) is 128 Å².